The van der Waals surface area contributed by atoms with E-state index >= 15 is 0 Å². The fourth-order valence-electron chi connectivity index (χ4n) is 2.24. The SMILES string of the molecule is CCNC(=NCC(=O)Nc1ccc(F)cc1)NCC1CCCS1. The fraction of sp³-hybridized carbons (Fsp3) is 0.500. The summed E-state index contributed by atoms with van der Waals surface area (Å²) in [5.41, 5.74) is 0.562. The van der Waals surface area contributed by atoms with Crippen molar-refractivity contribution in [3.63, 3.8) is 0 Å². The average Bonchev–Trinajstić information content (AvgIpc) is 3.06. The fourth-order valence-corrected chi connectivity index (χ4v) is 3.44. The van der Waals surface area contributed by atoms with E-state index in [4.69, 9.17) is 0 Å². The molecule has 2 rings (SSSR count). The lowest BCUT2D eigenvalue weighted by molar-refractivity contribution is -0.114. The molecule has 1 aliphatic rings. The van der Waals surface area contributed by atoms with Crippen LogP contribution in [0.2, 0.25) is 0 Å². The third-order valence-corrected chi connectivity index (χ3v) is 4.77. The number of hydrogen-bond acceptors (Lipinski definition) is 3. The number of aliphatic imine (C=N–C) groups is 1. The topological polar surface area (TPSA) is 65.5 Å². The summed E-state index contributed by atoms with van der Waals surface area (Å²) >= 11 is 1.97. The minimum absolute atomic E-state index is 0.0184. The molecule has 23 heavy (non-hydrogen) atoms. The van der Waals surface area contributed by atoms with Crippen LogP contribution in [0.15, 0.2) is 29.3 Å². The number of guanidine groups is 1. The summed E-state index contributed by atoms with van der Waals surface area (Å²) in [6, 6.07) is 5.67. The van der Waals surface area contributed by atoms with Crippen molar-refractivity contribution in [3.05, 3.63) is 30.1 Å². The van der Waals surface area contributed by atoms with E-state index in [9.17, 15) is 9.18 Å². The maximum Gasteiger partial charge on any atom is 0.246 e. The molecule has 7 heteroatoms. The van der Waals surface area contributed by atoms with Gasteiger partial charge in [-0.05, 0) is 49.8 Å². The first-order valence-electron chi connectivity index (χ1n) is 7.86. The summed E-state index contributed by atoms with van der Waals surface area (Å²) in [6.07, 6.45) is 2.49. The maximum atomic E-state index is 12.8. The van der Waals surface area contributed by atoms with Gasteiger partial charge in [-0.15, -0.1) is 0 Å². The number of rotatable bonds is 6. The minimum Gasteiger partial charge on any atom is -0.357 e. The second-order valence-corrected chi connectivity index (χ2v) is 6.67. The van der Waals surface area contributed by atoms with E-state index < -0.39 is 0 Å². The normalized spacial score (nSPS) is 17.8. The molecule has 3 N–H and O–H groups in total. The molecule has 1 fully saturated rings. The number of halogens is 1. The molecule has 0 aromatic heterocycles. The van der Waals surface area contributed by atoms with Gasteiger partial charge in [-0.3, -0.25) is 4.79 Å². The Morgan fingerprint density at radius 1 is 1.35 bits per heavy atom. The molecule has 0 bridgehead atoms. The number of hydrogen-bond donors (Lipinski definition) is 3. The van der Waals surface area contributed by atoms with E-state index in [0.717, 1.165) is 13.1 Å². The molecule has 0 radical (unpaired) electrons. The van der Waals surface area contributed by atoms with Gasteiger partial charge in [0.25, 0.3) is 0 Å². The van der Waals surface area contributed by atoms with Gasteiger partial charge < -0.3 is 16.0 Å². The number of amides is 1. The second-order valence-electron chi connectivity index (χ2n) is 5.27. The molecule has 0 saturated carbocycles. The standard InChI is InChI=1S/C16H23FN4OS/c1-2-18-16(19-10-14-4-3-9-23-14)20-11-15(22)21-13-7-5-12(17)6-8-13/h5-8,14H,2-4,9-11H2,1H3,(H,21,22)(H2,18,19,20). The summed E-state index contributed by atoms with van der Waals surface area (Å²) in [7, 11) is 0. The highest BCUT2D eigenvalue weighted by Crippen LogP contribution is 2.25. The van der Waals surface area contributed by atoms with E-state index in [0.29, 0.717) is 16.9 Å². The summed E-state index contributed by atoms with van der Waals surface area (Å²) < 4.78 is 12.8. The lowest BCUT2D eigenvalue weighted by atomic mass is 10.2. The number of benzene rings is 1. The first-order valence-corrected chi connectivity index (χ1v) is 8.91. The monoisotopic (exact) mass is 338 g/mol. The first kappa shape index (κ1) is 17.6. The first-order chi connectivity index (χ1) is 11.2. The van der Waals surface area contributed by atoms with Crippen LogP contribution in [0.1, 0.15) is 19.8 Å². The zero-order valence-electron chi connectivity index (χ0n) is 13.3. The van der Waals surface area contributed by atoms with Crippen LogP contribution in [0.25, 0.3) is 0 Å². The molecule has 1 atom stereocenters. The summed E-state index contributed by atoms with van der Waals surface area (Å²) in [6.45, 7) is 3.60. The van der Waals surface area contributed by atoms with Gasteiger partial charge in [0.1, 0.15) is 12.4 Å². The Morgan fingerprint density at radius 3 is 2.78 bits per heavy atom. The van der Waals surface area contributed by atoms with E-state index in [1.807, 2.05) is 18.7 Å². The average molecular weight is 338 g/mol. The molecule has 0 aliphatic carbocycles. The second kappa shape index (κ2) is 9.39. The third kappa shape index (κ3) is 6.48. The molecule has 1 saturated heterocycles. The highest BCUT2D eigenvalue weighted by molar-refractivity contribution is 8.00. The van der Waals surface area contributed by atoms with Crippen molar-refractivity contribution in [1.29, 1.82) is 0 Å². The van der Waals surface area contributed by atoms with Gasteiger partial charge in [-0.2, -0.15) is 11.8 Å². The highest BCUT2D eigenvalue weighted by Gasteiger charge is 2.15. The molecular formula is C16H23FN4OS. The molecule has 1 aromatic carbocycles. The Hall–Kier alpha value is -1.76. The van der Waals surface area contributed by atoms with Crippen molar-refractivity contribution in [2.75, 3.05) is 30.7 Å². The molecule has 5 nitrogen and oxygen atoms in total. The Morgan fingerprint density at radius 2 is 2.13 bits per heavy atom. The zero-order chi connectivity index (χ0) is 16.5. The Balaban J connectivity index is 1.80. The highest BCUT2D eigenvalue weighted by atomic mass is 32.2. The molecule has 1 heterocycles. The van der Waals surface area contributed by atoms with E-state index in [1.165, 1.54) is 42.9 Å². The van der Waals surface area contributed by atoms with Crippen molar-refractivity contribution in [2.24, 2.45) is 4.99 Å². The number of carbonyl (C=O) groups excluding carboxylic acids is 1. The van der Waals surface area contributed by atoms with Gasteiger partial charge in [-0.25, -0.2) is 9.38 Å². The maximum absolute atomic E-state index is 12.8. The minimum atomic E-state index is -0.329. The molecule has 1 aromatic rings. The third-order valence-electron chi connectivity index (χ3n) is 3.37. The van der Waals surface area contributed by atoms with Crippen LogP contribution < -0.4 is 16.0 Å². The van der Waals surface area contributed by atoms with Crippen molar-refractivity contribution in [1.82, 2.24) is 10.6 Å². The molecule has 126 valence electrons. The van der Waals surface area contributed by atoms with Crippen molar-refractivity contribution < 1.29 is 9.18 Å². The molecule has 1 amide bonds. The van der Waals surface area contributed by atoms with Gasteiger partial charge in [-0.1, -0.05) is 0 Å². The van der Waals surface area contributed by atoms with Crippen LogP contribution in [-0.4, -0.2) is 42.5 Å². The summed E-state index contributed by atoms with van der Waals surface area (Å²) in [4.78, 5) is 16.2. The van der Waals surface area contributed by atoms with Gasteiger partial charge >= 0.3 is 0 Å². The van der Waals surface area contributed by atoms with E-state index in [2.05, 4.69) is 20.9 Å². The number of carbonyl (C=O) groups is 1. The number of thioether (sulfide) groups is 1. The van der Waals surface area contributed by atoms with Crippen molar-refractivity contribution >= 4 is 29.3 Å². The van der Waals surface area contributed by atoms with Gasteiger partial charge in [0.15, 0.2) is 5.96 Å². The lowest BCUT2D eigenvalue weighted by Gasteiger charge is -2.14. The Kier molecular flexibility index (Phi) is 7.19. The van der Waals surface area contributed by atoms with Gasteiger partial charge in [0.2, 0.25) is 5.91 Å². The van der Waals surface area contributed by atoms with E-state index in [-0.39, 0.29) is 18.3 Å². The summed E-state index contributed by atoms with van der Waals surface area (Å²) in [5, 5.41) is 9.72. The quantitative estimate of drug-likeness (QED) is 0.550. The predicted molar refractivity (Wildman–Crippen MR) is 94.5 cm³/mol. The smallest absolute Gasteiger partial charge is 0.246 e. The van der Waals surface area contributed by atoms with Crippen LogP contribution in [0.4, 0.5) is 10.1 Å². The van der Waals surface area contributed by atoms with Gasteiger partial charge in [0.05, 0.1) is 0 Å². The number of anilines is 1. The number of nitrogens with one attached hydrogen (secondary N) is 3. The summed E-state index contributed by atoms with van der Waals surface area (Å²) in [5.74, 6) is 1.31. The van der Waals surface area contributed by atoms with Crippen LogP contribution >= 0.6 is 11.8 Å². The van der Waals surface area contributed by atoms with Crippen LogP contribution in [0.3, 0.4) is 0 Å². The predicted octanol–water partition coefficient (Wildman–Crippen LogP) is 2.21. The molecule has 0 spiro atoms. The Bertz CT molecular complexity index is 529. The van der Waals surface area contributed by atoms with Crippen molar-refractivity contribution in [2.45, 2.75) is 25.0 Å². The van der Waals surface area contributed by atoms with Crippen LogP contribution in [-0.2, 0) is 4.79 Å². The van der Waals surface area contributed by atoms with Gasteiger partial charge in [0, 0.05) is 24.0 Å². The van der Waals surface area contributed by atoms with Crippen LogP contribution in [0.5, 0.6) is 0 Å². The molecule has 1 aliphatic heterocycles. The molecule has 1 unspecified atom stereocenters. The zero-order valence-corrected chi connectivity index (χ0v) is 14.1. The van der Waals surface area contributed by atoms with Crippen molar-refractivity contribution in [3.8, 4) is 0 Å². The lowest BCUT2D eigenvalue weighted by Crippen LogP contribution is -2.40. The molecular weight excluding hydrogens is 315 g/mol. The number of nitrogens with zero attached hydrogens (tertiary/aromatic N) is 1. The largest absolute Gasteiger partial charge is 0.357 e. The van der Waals surface area contributed by atoms with Crippen LogP contribution in [0, 0.1) is 5.82 Å². The van der Waals surface area contributed by atoms with E-state index in [1.54, 1.807) is 0 Å². The Labute approximate surface area is 140 Å².